The Balaban J connectivity index is 2.44. The van der Waals surface area contributed by atoms with Crippen molar-refractivity contribution < 1.29 is 17.2 Å². The van der Waals surface area contributed by atoms with Gasteiger partial charge < -0.3 is 5.73 Å². The molecule has 2 rings (SSSR count). The highest BCUT2D eigenvalue weighted by Gasteiger charge is 2.20. The van der Waals surface area contributed by atoms with Crippen molar-refractivity contribution in [3.63, 3.8) is 0 Å². The molecule has 3 N–H and O–H groups in total. The molecule has 0 atom stereocenters. The number of nitrogens with one attached hydrogen (secondary N) is 1. The number of nitrogens with zero attached hydrogens (tertiary/aromatic N) is 1. The van der Waals surface area contributed by atoms with Crippen molar-refractivity contribution in [3.8, 4) is 0 Å². The molecule has 1 aromatic heterocycles. The van der Waals surface area contributed by atoms with E-state index < -0.39 is 27.3 Å². The monoisotopic (exact) mass is 363 g/mol. The summed E-state index contributed by atoms with van der Waals surface area (Å²) >= 11 is 2.90. The molecule has 0 bridgehead atoms. The van der Waals surface area contributed by atoms with E-state index in [0.717, 1.165) is 24.3 Å². The van der Waals surface area contributed by atoms with E-state index in [2.05, 4.69) is 20.9 Å². The Hall–Kier alpha value is -1.74. The van der Waals surface area contributed by atoms with Gasteiger partial charge in [-0.3, -0.25) is 4.72 Å². The molecular formula is C11H8BrF2N3O2S. The highest BCUT2D eigenvalue weighted by atomic mass is 79.9. The average Bonchev–Trinajstić information content (AvgIpc) is 2.34. The zero-order chi connectivity index (χ0) is 14.9. The van der Waals surface area contributed by atoms with Gasteiger partial charge in [-0.1, -0.05) is 15.9 Å². The highest BCUT2D eigenvalue weighted by molar-refractivity contribution is 9.10. The third-order valence-corrected chi connectivity index (χ3v) is 4.11. The van der Waals surface area contributed by atoms with Crippen LogP contribution in [0.15, 0.2) is 39.8 Å². The summed E-state index contributed by atoms with van der Waals surface area (Å²) in [4.78, 5) is 3.39. The molecular weight excluding hydrogens is 356 g/mol. The number of benzene rings is 1. The smallest absolute Gasteiger partial charge is 0.262 e. The van der Waals surface area contributed by atoms with Crippen LogP contribution in [0.4, 0.5) is 20.3 Å². The normalized spacial score (nSPS) is 11.3. The maximum Gasteiger partial charge on any atom is 0.262 e. The van der Waals surface area contributed by atoms with Crippen molar-refractivity contribution in [2.45, 2.75) is 4.90 Å². The summed E-state index contributed by atoms with van der Waals surface area (Å²) in [5.74, 6) is -2.10. The van der Waals surface area contributed by atoms with Crippen LogP contribution in [0.3, 0.4) is 0 Å². The molecule has 0 fully saturated rings. The molecule has 1 aromatic carbocycles. The largest absolute Gasteiger partial charge is 0.384 e. The fourth-order valence-electron chi connectivity index (χ4n) is 1.43. The maximum atomic E-state index is 13.6. The van der Waals surface area contributed by atoms with E-state index >= 15 is 0 Å². The Morgan fingerprint density at radius 3 is 2.35 bits per heavy atom. The van der Waals surface area contributed by atoms with Crippen molar-refractivity contribution >= 4 is 37.5 Å². The molecule has 106 valence electrons. The minimum absolute atomic E-state index is 0.0235. The van der Waals surface area contributed by atoms with Crippen LogP contribution in [0.2, 0.25) is 0 Å². The van der Waals surface area contributed by atoms with E-state index in [-0.39, 0.29) is 15.2 Å². The van der Waals surface area contributed by atoms with Crippen LogP contribution >= 0.6 is 15.9 Å². The summed E-state index contributed by atoms with van der Waals surface area (Å²) in [5.41, 5.74) is 4.61. The first-order valence-corrected chi connectivity index (χ1v) is 7.46. The molecule has 5 nitrogen and oxygen atoms in total. The molecule has 0 aliphatic heterocycles. The summed E-state index contributed by atoms with van der Waals surface area (Å²) in [6.45, 7) is 0. The lowest BCUT2D eigenvalue weighted by molar-refractivity contribution is 0.582. The standard InChI is InChI=1S/C11H8BrF2N3O2S/c12-6-3-8(13)11(9(14)4-6)17-20(18,19)7-1-2-16-10(15)5-7/h1-5,17H,(H2,15,16). The number of rotatable bonds is 3. The molecule has 0 radical (unpaired) electrons. The summed E-state index contributed by atoms with van der Waals surface area (Å²) in [6, 6.07) is 4.13. The van der Waals surface area contributed by atoms with Crippen LogP contribution in [0, 0.1) is 11.6 Å². The quantitative estimate of drug-likeness (QED) is 0.877. The number of nitrogens with two attached hydrogens (primary N) is 1. The number of anilines is 2. The zero-order valence-corrected chi connectivity index (χ0v) is 12.2. The Bertz CT molecular complexity index is 745. The number of halogens is 3. The summed E-state index contributed by atoms with van der Waals surface area (Å²) in [6.07, 6.45) is 1.18. The maximum absolute atomic E-state index is 13.6. The van der Waals surface area contributed by atoms with Gasteiger partial charge in [-0.15, -0.1) is 0 Å². The highest BCUT2D eigenvalue weighted by Crippen LogP contribution is 2.26. The Kier molecular flexibility index (Phi) is 3.91. The average molecular weight is 364 g/mol. The summed E-state index contributed by atoms with van der Waals surface area (Å²) in [7, 11) is -4.16. The molecule has 0 aliphatic carbocycles. The molecule has 0 saturated carbocycles. The van der Waals surface area contributed by atoms with Gasteiger partial charge in [0.25, 0.3) is 10.0 Å². The third kappa shape index (κ3) is 3.05. The lowest BCUT2D eigenvalue weighted by Gasteiger charge is -2.10. The fourth-order valence-corrected chi connectivity index (χ4v) is 2.93. The predicted molar refractivity (Wildman–Crippen MR) is 73.5 cm³/mol. The molecule has 0 spiro atoms. The van der Waals surface area contributed by atoms with Gasteiger partial charge in [0.2, 0.25) is 0 Å². The van der Waals surface area contributed by atoms with E-state index in [1.807, 2.05) is 4.72 Å². The van der Waals surface area contributed by atoms with Gasteiger partial charge in [0.05, 0.1) is 4.90 Å². The van der Waals surface area contributed by atoms with Crippen molar-refractivity contribution in [1.82, 2.24) is 4.98 Å². The summed E-state index contributed by atoms with van der Waals surface area (Å²) < 4.78 is 53.2. The van der Waals surface area contributed by atoms with Gasteiger partial charge in [0.15, 0.2) is 11.6 Å². The molecule has 1 heterocycles. The van der Waals surface area contributed by atoms with Crippen molar-refractivity contribution in [1.29, 1.82) is 0 Å². The van der Waals surface area contributed by atoms with Gasteiger partial charge in [-0.05, 0) is 18.2 Å². The zero-order valence-electron chi connectivity index (χ0n) is 9.77. The Labute approximate surface area is 122 Å². The number of pyridine rings is 1. The van der Waals surface area contributed by atoms with Crippen LogP contribution in [0.5, 0.6) is 0 Å². The van der Waals surface area contributed by atoms with E-state index in [1.54, 1.807) is 0 Å². The second-order valence-corrected chi connectivity index (χ2v) is 6.36. The first-order chi connectivity index (χ1) is 9.29. The molecule has 9 heteroatoms. The molecule has 0 aliphatic rings. The molecule has 0 saturated heterocycles. The van der Waals surface area contributed by atoms with Crippen molar-refractivity contribution in [2.24, 2.45) is 0 Å². The lowest BCUT2D eigenvalue weighted by atomic mass is 10.3. The van der Waals surface area contributed by atoms with E-state index in [4.69, 9.17) is 5.73 Å². The second-order valence-electron chi connectivity index (χ2n) is 3.77. The van der Waals surface area contributed by atoms with Crippen LogP contribution in [-0.4, -0.2) is 13.4 Å². The Morgan fingerprint density at radius 2 is 1.80 bits per heavy atom. The molecule has 20 heavy (non-hydrogen) atoms. The van der Waals surface area contributed by atoms with Gasteiger partial charge in [-0.25, -0.2) is 22.2 Å². The molecule has 0 unspecified atom stereocenters. The number of hydrogen-bond acceptors (Lipinski definition) is 4. The minimum Gasteiger partial charge on any atom is -0.384 e. The number of hydrogen-bond donors (Lipinski definition) is 2. The van der Waals surface area contributed by atoms with Crippen LogP contribution < -0.4 is 10.5 Å². The number of nitrogen functional groups attached to an aromatic ring is 1. The Morgan fingerprint density at radius 1 is 1.20 bits per heavy atom. The first kappa shape index (κ1) is 14.7. The third-order valence-electron chi connectivity index (χ3n) is 2.31. The fraction of sp³-hybridized carbons (Fsp3) is 0. The summed E-state index contributed by atoms with van der Waals surface area (Å²) in [5, 5.41) is 0. The molecule has 2 aromatic rings. The number of sulfonamides is 1. The van der Waals surface area contributed by atoms with Crippen molar-refractivity contribution in [2.75, 3.05) is 10.5 Å². The lowest BCUT2D eigenvalue weighted by Crippen LogP contribution is -2.15. The van der Waals surface area contributed by atoms with E-state index in [0.29, 0.717) is 0 Å². The van der Waals surface area contributed by atoms with Crippen LogP contribution in [0.25, 0.3) is 0 Å². The first-order valence-electron chi connectivity index (χ1n) is 5.18. The molecule has 0 amide bonds. The topological polar surface area (TPSA) is 85.1 Å². The van der Waals surface area contributed by atoms with Gasteiger partial charge >= 0.3 is 0 Å². The van der Waals surface area contributed by atoms with Crippen LogP contribution in [0.1, 0.15) is 0 Å². The predicted octanol–water partition coefficient (Wildman–Crippen LogP) is 2.51. The van der Waals surface area contributed by atoms with Gasteiger partial charge in [0.1, 0.15) is 11.5 Å². The SMILES string of the molecule is Nc1cc(S(=O)(=O)Nc2c(F)cc(Br)cc2F)ccn1. The van der Waals surface area contributed by atoms with Gasteiger partial charge in [-0.2, -0.15) is 0 Å². The van der Waals surface area contributed by atoms with Crippen molar-refractivity contribution in [3.05, 3.63) is 46.6 Å². The van der Waals surface area contributed by atoms with Crippen LogP contribution in [-0.2, 0) is 10.0 Å². The van der Waals surface area contributed by atoms with E-state index in [1.165, 1.54) is 6.20 Å². The second kappa shape index (κ2) is 5.33. The minimum atomic E-state index is -4.16. The van der Waals surface area contributed by atoms with E-state index in [9.17, 15) is 17.2 Å². The number of aromatic nitrogens is 1. The van der Waals surface area contributed by atoms with Gasteiger partial charge in [0, 0.05) is 16.7 Å².